The number of carbonyl (C=O) groups is 2. The van der Waals surface area contributed by atoms with E-state index >= 15 is 0 Å². The van der Waals surface area contributed by atoms with Crippen LogP contribution in [0.5, 0.6) is 5.88 Å². The van der Waals surface area contributed by atoms with E-state index in [1.165, 1.54) is 7.11 Å². The molecular formula is C20H20N2O4. The average Bonchev–Trinajstić information content (AvgIpc) is 2.61. The van der Waals surface area contributed by atoms with Crippen LogP contribution in [0, 0.1) is 25.7 Å². The molecule has 26 heavy (non-hydrogen) atoms. The molecule has 1 aromatic carbocycles. The number of hydrogen-bond donors (Lipinski definition) is 0. The van der Waals surface area contributed by atoms with Crippen LogP contribution >= 0.6 is 0 Å². The lowest BCUT2D eigenvalue weighted by molar-refractivity contribution is -0.139. The molecule has 2 rings (SSSR count). The zero-order valence-electron chi connectivity index (χ0n) is 15.2. The van der Waals surface area contributed by atoms with Gasteiger partial charge in [-0.15, -0.1) is 0 Å². The number of methoxy groups -OCH3 is 1. The number of carbonyl (C=O) groups excluding carboxylic acids is 2. The monoisotopic (exact) mass is 352 g/mol. The van der Waals surface area contributed by atoms with Gasteiger partial charge in [0.1, 0.15) is 12.4 Å². The minimum absolute atomic E-state index is 0.0350. The van der Waals surface area contributed by atoms with E-state index in [1.807, 2.05) is 32.0 Å². The summed E-state index contributed by atoms with van der Waals surface area (Å²) in [6.07, 6.45) is 0. The summed E-state index contributed by atoms with van der Waals surface area (Å²) in [4.78, 5) is 29.1. The van der Waals surface area contributed by atoms with Gasteiger partial charge in [0.25, 0.3) is 0 Å². The molecule has 0 fully saturated rings. The molecule has 0 atom stereocenters. The Kier molecular flexibility index (Phi) is 6.34. The van der Waals surface area contributed by atoms with Gasteiger partial charge in [0, 0.05) is 24.6 Å². The first-order chi connectivity index (χ1) is 12.4. The Bertz CT molecular complexity index is 861. The van der Waals surface area contributed by atoms with Crippen molar-refractivity contribution in [1.82, 2.24) is 4.98 Å². The van der Waals surface area contributed by atoms with E-state index in [0.29, 0.717) is 5.82 Å². The van der Waals surface area contributed by atoms with Crippen molar-refractivity contribution in [3.8, 4) is 17.7 Å². The number of likely N-dealkylation sites (N-methyl/N-ethyl adjacent to an activating group) is 1. The van der Waals surface area contributed by atoms with Crippen molar-refractivity contribution in [2.24, 2.45) is 0 Å². The second-order valence-corrected chi connectivity index (χ2v) is 5.67. The van der Waals surface area contributed by atoms with Crippen molar-refractivity contribution in [3.63, 3.8) is 0 Å². The summed E-state index contributed by atoms with van der Waals surface area (Å²) in [5.74, 6) is 4.82. The Labute approximate surface area is 152 Å². The van der Waals surface area contributed by atoms with E-state index in [1.54, 1.807) is 30.1 Å². The molecule has 0 saturated carbocycles. The zero-order valence-corrected chi connectivity index (χ0v) is 15.2. The predicted molar refractivity (Wildman–Crippen MR) is 98.0 cm³/mol. The molecule has 0 radical (unpaired) electrons. The molecule has 1 aromatic heterocycles. The Balaban J connectivity index is 2.10. The predicted octanol–water partition coefficient (Wildman–Crippen LogP) is 2.26. The van der Waals surface area contributed by atoms with E-state index in [-0.39, 0.29) is 12.4 Å². The maximum absolute atomic E-state index is 12.0. The molecule has 0 aliphatic rings. The summed E-state index contributed by atoms with van der Waals surface area (Å²) < 4.78 is 9.79. The van der Waals surface area contributed by atoms with Crippen molar-refractivity contribution < 1.29 is 19.1 Å². The van der Waals surface area contributed by atoms with Crippen LogP contribution in [0.1, 0.15) is 16.7 Å². The number of rotatable bonds is 4. The summed E-state index contributed by atoms with van der Waals surface area (Å²) in [5, 5.41) is 0. The lowest BCUT2D eigenvalue weighted by atomic mass is 10.0. The van der Waals surface area contributed by atoms with Crippen LogP contribution in [0.3, 0.4) is 0 Å². The summed E-state index contributed by atoms with van der Waals surface area (Å²) in [5.41, 5.74) is 2.80. The fraction of sp³-hybridized carbons (Fsp3) is 0.250. The Morgan fingerprint density at radius 2 is 1.77 bits per heavy atom. The molecule has 2 aromatic rings. The van der Waals surface area contributed by atoms with Gasteiger partial charge in [0.15, 0.2) is 0 Å². The van der Waals surface area contributed by atoms with Crippen LogP contribution in [0.25, 0.3) is 0 Å². The van der Waals surface area contributed by atoms with Crippen molar-refractivity contribution in [1.29, 1.82) is 0 Å². The van der Waals surface area contributed by atoms with Gasteiger partial charge in [-0.05, 0) is 31.0 Å². The second-order valence-electron chi connectivity index (χ2n) is 5.67. The van der Waals surface area contributed by atoms with Gasteiger partial charge in [-0.25, -0.2) is 4.79 Å². The van der Waals surface area contributed by atoms with E-state index < -0.39 is 11.9 Å². The van der Waals surface area contributed by atoms with Crippen LogP contribution in [-0.4, -0.2) is 37.6 Å². The maximum atomic E-state index is 12.0. The molecule has 0 amide bonds. The molecular weight excluding hydrogens is 332 g/mol. The summed E-state index contributed by atoms with van der Waals surface area (Å²) in [6.45, 7) is 3.91. The van der Waals surface area contributed by atoms with E-state index in [2.05, 4.69) is 21.6 Å². The molecule has 6 nitrogen and oxygen atoms in total. The SMILES string of the molecule is COC(=O)CN(C)c1cccc(OC(=O)C#Cc2c(C)cccc2C)n1. The molecule has 0 saturated heterocycles. The van der Waals surface area contributed by atoms with Crippen molar-refractivity contribution in [2.75, 3.05) is 25.6 Å². The van der Waals surface area contributed by atoms with E-state index in [9.17, 15) is 9.59 Å². The summed E-state index contributed by atoms with van der Waals surface area (Å²) >= 11 is 0. The Morgan fingerprint density at radius 3 is 2.42 bits per heavy atom. The van der Waals surface area contributed by atoms with Crippen LogP contribution in [0.2, 0.25) is 0 Å². The molecule has 0 aliphatic carbocycles. The number of aryl methyl sites for hydroxylation is 2. The van der Waals surface area contributed by atoms with Gasteiger partial charge >= 0.3 is 11.9 Å². The molecule has 6 heteroatoms. The molecule has 134 valence electrons. The average molecular weight is 352 g/mol. The van der Waals surface area contributed by atoms with Crippen LogP contribution in [0.15, 0.2) is 36.4 Å². The van der Waals surface area contributed by atoms with Gasteiger partial charge in [0.2, 0.25) is 5.88 Å². The van der Waals surface area contributed by atoms with Crippen molar-refractivity contribution >= 4 is 17.8 Å². The second kappa shape index (κ2) is 8.67. The fourth-order valence-electron chi connectivity index (χ4n) is 2.26. The van der Waals surface area contributed by atoms with Crippen molar-refractivity contribution in [2.45, 2.75) is 13.8 Å². The smallest absolute Gasteiger partial charge is 0.391 e. The number of hydrogen-bond acceptors (Lipinski definition) is 6. The molecule has 0 unspecified atom stereocenters. The minimum Gasteiger partial charge on any atom is -0.468 e. The number of pyridine rings is 1. The first kappa shape index (κ1) is 19.0. The number of anilines is 1. The normalized spacial score (nSPS) is 9.69. The number of esters is 2. The number of aromatic nitrogens is 1. The maximum Gasteiger partial charge on any atom is 0.391 e. The topological polar surface area (TPSA) is 68.7 Å². The van der Waals surface area contributed by atoms with Gasteiger partial charge in [-0.2, -0.15) is 4.98 Å². The van der Waals surface area contributed by atoms with Crippen LogP contribution in [0.4, 0.5) is 5.82 Å². The molecule has 0 aliphatic heterocycles. The van der Waals surface area contributed by atoms with Crippen LogP contribution < -0.4 is 9.64 Å². The third-order valence-electron chi connectivity index (χ3n) is 3.66. The number of benzene rings is 1. The summed E-state index contributed by atoms with van der Waals surface area (Å²) in [6, 6.07) is 10.7. The lowest BCUT2D eigenvalue weighted by Gasteiger charge is -2.16. The molecule has 0 bridgehead atoms. The number of ether oxygens (including phenoxy) is 2. The third-order valence-corrected chi connectivity index (χ3v) is 3.66. The Morgan fingerprint density at radius 1 is 1.12 bits per heavy atom. The van der Waals surface area contributed by atoms with Crippen molar-refractivity contribution in [3.05, 3.63) is 53.1 Å². The highest BCUT2D eigenvalue weighted by Crippen LogP contribution is 2.15. The van der Waals surface area contributed by atoms with Crippen LogP contribution in [-0.2, 0) is 14.3 Å². The summed E-state index contributed by atoms with van der Waals surface area (Å²) in [7, 11) is 3.00. The highest BCUT2D eigenvalue weighted by Gasteiger charge is 2.10. The zero-order chi connectivity index (χ0) is 19.1. The molecule has 0 N–H and O–H groups in total. The quantitative estimate of drug-likeness (QED) is 0.621. The van der Waals surface area contributed by atoms with E-state index in [4.69, 9.17) is 4.74 Å². The number of nitrogens with zero attached hydrogens (tertiary/aromatic N) is 2. The van der Waals surface area contributed by atoms with Gasteiger partial charge in [-0.1, -0.05) is 30.2 Å². The fourth-order valence-corrected chi connectivity index (χ4v) is 2.26. The van der Waals surface area contributed by atoms with Gasteiger partial charge in [-0.3, -0.25) is 4.79 Å². The first-order valence-corrected chi connectivity index (χ1v) is 7.95. The van der Waals surface area contributed by atoms with Gasteiger partial charge < -0.3 is 14.4 Å². The first-order valence-electron chi connectivity index (χ1n) is 7.95. The third kappa shape index (κ3) is 5.08. The highest BCUT2D eigenvalue weighted by atomic mass is 16.5. The standard InChI is InChI=1S/C20H20N2O4/c1-14-7-5-8-15(2)16(14)11-12-19(23)26-18-10-6-9-17(21-18)22(3)13-20(24)25-4/h5-10H,13H2,1-4H3. The van der Waals surface area contributed by atoms with E-state index in [0.717, 1.165) is 16.7 Å². The molecule has 0 spiro atoms. The van der Waals surface area contributed by atoms with Gasteiger partial charge in [0.05, 0.1) is 7.11 Å². The minimum atomic E-state index is -0.701. The largest absolute Gasteiger partial charge is 0.468 e. The Hall–Kier alpha value is -3.33. The highest BCUT2D eigenvalue weighted by molar-refractivity contribution is 5.90. The molecule has 1 heterocycles. The lowest BCUT2D eigenvalue weighted by Crippen LogP contribution is -2.27.